The SMILES string of the molecule is COC(=O)C1CC(O)CN1C(=C1C(=O)Nc2ccccc21)c1ccc2c(c1)COC2. The number of carbonyl (C=O) groups is 2. The minimum Gasteiger partial charge on any atom is -0.467 e. The summed E-state index contributed by atoms with van der Waals surface area (Å²) in [5.74, 6) is -0.659. The number of nitrogens with zero attached hydrogens (tertiary/aromatic N) is 1. The Balaban J connectivity index is 1.73. The van der Waals surface area contributed by atoms with Gasteiger partial charge in [0.25, 0.3) is 5.91 Å². The Morgan fingerprint density at radius 1 is 1.20 bits per heavy atom. The first-order chi connectivity index (χ1) is 14.6. The second kappa shape index (κ2) is 7.27. The van der Waals surface area contributed by atoms with Gasteiger partial charge in [0.2, 0.25) is 0 Å². The molecule has 2 atom stereocenters. The number of esters is 1. The number of likely N-dealkylation sites (tertiary alicyclic amines) is 1. The predicted octanol–water partition coefficient (Wildman–Crippen LogP) is 2.15. The molecule has 7 nitrogen and oxygen atoms in total. The van der Waals surface area contributed by atoms with Crippen LogP contribution in [0.1, 0.15) is 28.7 Å². The summed E-state index contributed by atoms with van der Waals surface area (Å²) in [5.41, 5.74) is 5.61. The average Bonchev–Trinajstić information content (AvgIpc) is 3.45. The number of β-amino-alcohol motifs (C(OH)–C–C–N with tert-alkyl or cyclic N) is 1. The molecule has 2 aromatic carbocycles. The van der Waals surface area contributed by atoms with E-state index >= 15 is 0 Å². The molecule has 0 aromatic heterocycles. The van der Waals surface area contributed by atoms with E-state index in [-0.39, 0.29) is 18.9 Å². The fourth-order valence-corrected chi connectivity index (χ4v) is 4.55. The van der Waals surface area contributed by atoms with Gasteiger partial charge in [-0.3, -0.25) is 4.79 Å². The number of methoxy groups -OCH3 is 1. The third-order valence-corrected chi connectivity index (χ3v) is 5.94. The quantitative estimate of drug-likeness (QED) is 0.600. The number of para-hydroxylation sites is 1. The standard InChI is InChI=1S/C23H22N2O5/c1-29-23(28)19-9-16(26)10-25(19)21(13-6-7-14-11-30-12-15(14)8-13)20-17-4-2-3-5-18(17)24-22(20)27/h2-8,16,19,26H,9-12H2,1H3,(H,24,27). The summed E-state index contributed by atoms with van der Waals surface area (Å²) < 4.78 is 10.5. The number of hydrogen-bond acceptors (Lipinski definition) is 6. The van der Waals surface area contributed by atoms with Crippen LogP contribution in [-0.4, -0.2) is 47.7 Å². The maximum atomic E-state index is 13.1. The normalized spacial score (nSPS) is 23.8. The van der Waals surface area contributed by atoms with Crippen LogP contribution in [0.4, 0.5) is 5.69 Å². The third kappa shape index (κ3) is 2.98. The van der Waals surface area contributed by atoms with Crippen LogP contribution in [0.15, 0.2) is 42.5 Å². The first-order valence-corrected chi connectivity index (χ1v) is 9.94. The van der Waals surface area contributed by atoms with E-state index in [4.69, 9.17) is 9.47 Å². The molecule has 1 saturated heterocycles. The summed E-state index contributed by atoms with van der Waals surface area (Å²) in [6.45, 7) is 1.32. The van der Waals surface area contributed by atoms with E-state index in [1.165, 1.54) is 7.11 Å². The molecule has 7 heteroatoms. The van der Waals surface area contributed by atoms with Crippen molar-refractivity contribution < 1.29 is 24.2 Å². The van der Waals surface area contributed by atoms with Gasteiger partial charge in [-0.25, -0.2) is 4.79 Å². The van der Waals surface area contributed by atoms with Crippen LogP contribution in [-0.2, 0) is 32.3 Å². The van der Waals surface area contributed by atoms with Crippen molar-refractivity contribution in [3.8, 4) is 0 Å². The largest absolute Gasteiger partial charge is 0.467 e. The highest BCUT2D eigenvalue weighted by molar-refractivity contribution is 6.36. The molecule has 0 radical (unpaired) electrons. The first kappa shape index (κ1) is 18.8. The zero-order chi connectivity index (χ0) is 20.8. The summed E-state index contributed by atoms with van der Waals surface area (Å²) in [6.07, 6.45) is -0.442. The van der Waals surface area contributed by atoms with Crippen LogP contribution in [0.3, 0.4) is 0 Å². The van der Waals surface area contributed by atoms with Gasteiger partial charge in [-0.1, -0.05) is 30.3 Å². The summed E-state index contributed by atoms with van der Waals surface area (Å²) >= 11 is 0. The third-order valence-electron chi connectivity index (χ3n) is 5.94. The first-order valence-electron chi connectivity index (χ1n) is 9.94. The van der Waals surface area contributed by atoms with E-state index < -0.39 is 18.1 Å². The molecule has 0 bridgehead atoms. The Morgan fingerprint density at radius 3 is 2.83 bits per heavy atom. The molecule has 2 N–H and O–H groups in total. The van der Waals surface area contributed by atoms with E-state index in [2.05, 4.69) is 5.32 Å². The van der Waals surface area contributed by atoms with Crippen molar-refractivity contribution in [2.24, 2.45) is 0 Å². The smallest absolute Gasteiger partial charge is 0.328 e. The molecule has 30 heavy (non-hydrogen) atoms. The predicted molar refractivity (Wildman–Crippen MR) is 110 cm³/mol. The maximum Gasteiger partial charge on any atom is 0.328 e. The van der Waals surface area contributed by atoms with Crippen molar-refractivity contribution in [1.82, 2.24) is 4.90 Å². The number of amides is 1. The van der Waals surface area contributed by atoms with Crippen molar-refractivity contribution in [1.29, 1.82) is 0 Å². The number of aliphatic hydroxyl groups is 1. The molecule has 1 amide bonds. The van der Waals surface area contributed by atoms with Crippen LogP contribution >= 0.6 is 0 Å². The summed E-state index contributed by atoms with van der Waals surface area (Å²) in [7, 11) is 1.34. The molecule has 3 heterocycles. The number of fused-ring (bicyclic) bond motifs is 2. The topological polar surface area (TPSA) is 88.1 Å². The van der Waals surface area contributed by atoms with Crippen LogP contribution in [0.25, 0.3) is 11.3 Å². The molecule has 154 valence electrons. The van der Waals surface area contributed by atoms with Crippen molar-refractivity contribution in [3.63, 3.8) is 0 Å². The molecule has 0 saturated carbocycles. The second-order valence-corrected chi connectivity index (χ2v) is 7.78. The highest BCUT2D eigenvalue weighted by Crippen LogP contribution is 2.41. The minimum atomic E-state index is -0.692. The molecule has 0 spiro atoms. The summed E-state index contributed by atoms with van der Waals surface area (Å²) in [6, 6.07) is 12.8. The summed E-state index contributed by atoms with van der Waals surface area (Å²) in [5, 5.41) is 13.3. The molecule has 3 aliphatic rings. The van der Waals surface area contributed by atoms with Gasteiger partial charge in [0, 0.05) is 24.2 Å². The zero-order valence-electron chi connectivity index (χ0n) is 16.6. The lowest BCUT2D eigenvalue weighted by Crippen LogP contribution is -2.36. The molecule has 0 aliphatic carbocycles. The molecular formula is C23H22N2O5. The maximum absolute atomic E-state index is 13.1. The lowest BCUT2D eigenvalue weighted by Gasteiger charge is -2.29. The second-order valence-electron chi connectivity index (χ2n) is 7.78. The van der Waals surface area contributed by atoms with Crippen LogP contribution in [0.5, 0.6) is 0 Å². The van der Waals surface area contributed by atoms with E-state index in [0.717, 1.165) is 27.9 Å². The van der Waals surface area contributed by atoms with Gasteiger partial charge in [-0.05, 0) is 28.8 Å². The number of anilines is 1. The zero-order valence-corrected chi connectivity index (χ0v) is 16.6. The van der Waals surface area contributed by atoms with Gasteiger partial charge in [0.05, 0.1) is 37.7 Å². The van der Waals surface area contributed by atoms with Crippen molar-refractivity contribution in [2.45, 2.75) is 31.8 Å². The fraction of sp³-hybridized carbons (Fsp3) is 0.304. The van der Waals surface area contributed by atoms with Crippen LogP contribution in [0, 0.1) is 0 Å². The Kier molecular flexibility index (Phi) is 4.56. The molecule has 2 aromatic rings. The van der Waals surface area contributed by atoms with Crippen molar-refractivity contribution >= 4 is 28.8 Å². The lowest BCUT2D eigenvalue weighted by atomic mass is 9.96. The van der Waals surface area contributed by atoms with E-state index in [1.54, 1.807) is 0 Å². The van der Waals surface area contributed by atoms with Gasteiger partial charge < -0.3 is 24.8 Å². The Morgan fingerprint density at radius 2 is 2.00 bits per heavy atom. The number of ether oxygens (including phenoxy) is 2. The fourth-order valence-electron chi connectivity index (χ4n) is 4.55. The van der Waals surface area contributed by atoms with E-state index in [0.29, 0.717) is 24.5 Å². The molecule has 1 fully saturated rings. The molecule has 5 rings (SSSR count). The molecular weight excluding hydrogens is 384 g/mol. The molecule has 2 unspecified atom stereocenters. The van der Waals surface area contributed by atoms with E-state index in [1.807, 2.05) is 47.4 Å². The van der Waals surface area contributed by atoms with Crippen LogP contribution in [0.2, 0.25) is 0 Å². The number of hydrogen-bond donors (Lipinski definition) is 2. The Bertz CT molecular complexity index is 1080. The number of carbonyl (C=O) groups excluding carboxylic acids is 2. The van der Waals surface area contributed by atoms with Gasteiger partial charge in [0.15, 0.2) is 0 Å². The highest BCUT2D eigenvalue weighted by atomic mass is 16.5. The van der Waals surface area contributed by atoms with Crippen molar-refractivity contribution in [3.05, 3.63) is 64.7 Å². The number of nitrogens with one attached hydrogen (secondary N) is 1. The van der Waals surface area contributed by atoms with Gasteiger partial charge in [-0.15, -0.1) is 0 Å². The molecule has 3 aliphatic heterocycles. The van der Waals surface area contributed by atoms with Gasteiger partial charge in [0.1, 0.15) is 6.04 Å². The number of aliphatic hydroxyl groups excluding tert-OH is 1. The Hall–Kier alpha value is -3.16. The van der Waals surface area contributed by atoms with E-state index in [9.17, 15) is 14.7 Å². The van der Waals surface area contributed by atoms with Gasteiger partial charge >= 0.3 is 5.97 Å². The average molecular weight is 406 g/mol. The number of rotatable bonds is 3. The highest BCUT2D eigenvalue weighted by Gasteiger charge is 2.41. The Labute approximate surface area is 173 Å². The minimum absolute atomic E-state index is 0.229. The number of benzene rings is 2. The van der Waals surface area contributed by atoms with Crippen molar-refractivity contribution in [2.75, 3.05) is 19.0 Å². The van der Waals surface area contributed by atoms with Crippen LogP contribution < -0.4 is 5.32 Å². The summed E-state index contributed by atoms with van der Waals surface area (Å²) in [4.78, 5) is 27.4. The van der Waals surface area contributed by atoms with Gasteiger partial charge in [-0.2, -0.15) is 0 Å². The monoisotopic (exact) mass is 406 g/mol. The lowest BCUT2D eigenvalue weighted by molar-refractivity contribution is -0.144.